The predicted octanol–water partition coefficient (Wildman–Crippen LogP) is 3.05. The summed E-state index contributed by atoms with van der Waals surface area (Å²) in [6.45, 7) is 3.70. The molecule has 2 aliphatic rings. The van der Waals surface area contributed by atoms with E-state index in [4.69, 9.17) is 4.74 Å². The van der Waals surface area contributed by atoms with E-state index < -0.39 is 11.9 Å². The van der Waals surface area contributed by atoms with Gasteiger partial charge in [-0.15, -0.1) is 0 Å². The maximum atomic E-state index is 13.3. The fraction of sp³-hybridized carbons (Fsp3) is 0.600. The average Bonchev–Trinajstić information content (AvgIpc) is 3.12. The maximum Gasteiger partial charge on any atom is 0.309 e. The molecule has 0 spiro atoms. The lowest BCUT2D eigenvalue weighted by atomic mass is 9.84. The van der Waals surface area contributed by atoms with Crippen LogP contribution in [0.15, 0.2) is 24.3 Å². The minimum absolute atomic E-state index is 0.0366. The van der Waals surface area contributed by atoms with E-state index in [1.807, 2.05) is 17.9 Å². The zero-order valence-electron chi connectivity index (χ0n) is 15.1. The number of likely N-dealkylation sites (tertiary alicyclic amines) is 1. The molecule has 5 nitrogen and oxygen atoms in total. The number of carbonyl (C=O) groups is 2. The fourth-order valence-electron chi connectivity index (χ4n) is 4.14. The van der Waals surface area contributed by atoms with Crippen LogP contribution in [0.3, 0.4) is 0 Å². The summed E-state index contributed by atoms with van der Waals surface area (Å²) in [6.07, 6.45) is 2.25. The first-order chi connectivity index (χ1) is 12.5. The van der Waals surface area contributed by atoms with Crippen LogP contribution in [0.5, 0.6) is 0 Å². The van der Waals surface area contributed by atoms with Crippen molar-refractivity contribution in [3.63, 3.8) is 0 Å². The van der Waals surface area contributed by atoms with Gasteiger partial charge in [0.25, 0.3) is 0 Å². The molecule has 2 saturated heterocycles. The van der Waals surface area contributed by atoms with Gasteiger partial charge in [0.05, 0.1) is 12.0 Å². The standard InChI is InChI=1S/C20H26FNO4/c1-13(15-3-2-4-16(21)12-15)11-18(23)22-8-5-14(6-9-22)19-17(20(24)25)7-10-26-19/h2-4,12-14,17,19H,5-11H2,1H3,(H,24,25)/t13?,17?,19-/m0/s1. The maximum absolute atomic E-state index is 13.3. The highest BCUT2D eigenvalue weighted by atomic mass is 19.1. The Morgan fingerprint density at radius 3 is 2.69 bits per heavy atom. The first-order valence-electron chi connectivity index (χ1n) is 9.33. The van der Waals surface area contributed by atoms with Crippen molar-refractivity contribution >= 4 is 11.9 Å². The number of carbonyl (C=O) groups excluding carboxylic acids is 1. The minimum Gasteiger partial charge on any atom is -0.481 e. The molecule has 3 atom stereocenters. The second kappa shape index (κ2) is 8.16. The number of carboxylic acid groups (broad SMARTS) is 1. The molecule has 0 aromatic heterocycles. The smallest absolute Gasteiger partial charge is 0.309 e. The summed E-state index contributed by atoms with van der Waals surface area (Å²) >= 11 is 0. The van der Waals surface area contributed by atoms with Crippen LogP contribution in [-0.2, 0) is 14.3 Å². The van der Waals surface area contributed by atoms with Gasteiger partial charge in [-0.05, 0) is 48.8 Å². The van der Waals surface area contributed by atoms with Crippen LogP contribution in [0.2, 0.25) is 0 Å². The van der Waals surface area contributed by atoms with Crippen LogP contribution < -0.4 is 0 Å². The number of piperidine rings is 1. The summed E-state index contributed by atoms with van der Waals surface area (Å²) in [7, 11) is 0. The van der Waals surface area contributed by atoms with Crippen molar-refractivity contribution in [2.24, 2.45) is 11.8 Å². The normalized spacial score (nSPS) is 25.2. The fourth-order valence-corrected chi connectivity index (χ4v) is 4.14. The lowest BCUT2D eigenvalue weighted by Crippen LogP contribution is -2.43. The summed E-state index contributed by atoms with van der Waals surface area (Å²) < 4.78 is 19.0. The molecule has 26 heavy (non-hydrogen) atoms. The molecule has 1 aromatic rings. The van der Waals surface area contributed by atoms with E-state index in [9.17, 15) is 19.1 Å². The Balaban J connectivity index is 1.51. The van der Waals surface area contributed by atoms with Crippen molar-refractivity contribution < 1.29 is 23.8 Å². The Kier molecular flexibility index (Phi) is 5.91. The minimum atomic E-state index is -0.782. The molecule has 2 aliphatic heterocycles. The van der Waals surface area contributed by atoms with E-state index in [1.165, 1.54) is 12.1 Å². The number of hydrogen-bond acceptors (Lipinski definition) is 3. The highest BCUT2D eigenvalue weighted by molar-refractivity contribution is 5.77. The number of hydrogen-bond donors (Lipinski definition) is 1. The van der Waals surface area contributed by atoms with Crippen LogP contribution in [0.1, 0.15) is 44.1 Å². The van der Waals surface area contributed by atoms with Gasteiger partial charge in [-0.3, -0.25) is 9.59 Å². The Bertz CT molecular complexity index is 657. The van der Waals surface area contributed by atoms with E-state index in [0.717, 1.165) is 18.4 Å². The molecule has 1 amide bonds. The number of carboxylic acids is 1. The van der Waals surface area contributed by atoms with E-state index >= 15 is 0 Å². The Hall–Kier alpha value is -1.95. The zero-order chi connectivity index (χ0) is 18.7. The molecule has 1 aromatic carbocycles. The third kappa shape index (κ3) is 4.23. The number of ether oxygens (including phenoxy) is 1. The van der Waals surface area contributed by atoms with Crippen LogP contribution in [0.25, 0.3) is 0 Å². The summed E-state index contributed by atoms with van der Waals surface area (Å²) in [4.78, 5) is 25.8. The molecule has 1 N–H and O–H groups in total. The first kappa shape index (κ1) is 18.8. The molecule has 0 radical (unpaired) electrons. The van der Waals surface area contributed by atoms with Crippen LogP contribution in [0.4, 0.5) is 4.39 Å². The van der Waals surface area contributed by atoms with Crippen molar-refractivity contribution in [2.75, 3.05) is 19.7 Å². The van der Waals surface area contributed by atoms with Gasteiger partial charge in [0.1, 0.15) is 5.82 Å². The lowest BCUT2D eigenvalue weighted by molar-refractivity contribution is -0.146. The molecule has 0 aliphatic carbocycles. The van der Waals surface area contributed by atoms with Gasteiger partial charge in [-0.25, -0.2) is 4.39 Å². The van der Waals surface area contributed by atoms with Gasteiger partial charge in [0.2, 0.25) is 5.91 Å². The van der Waals surface area contributed by atoms with Crippen LogP contribution >= 0.6 is 0 Å². The molecule has 2 fully saturated rings. The van der Waals surface area contributed by atoms with E-state index in [-0.39, 0.29) is 29.7 Å². The highest BCUT2D eigenvalue weighted by Crippen LogP contribution is 2.33. The molecule has 3 rings (SSSR count). The van der Waals surface area contributed by atoms with Gasteiger partial charge < -0.3 is 14.7 Å². The molecule has 2 unspecified atom stereocenters. The average molecular weight is 363 g/mol. The summed E-state index contributed by atoms with van der Waals surface area (Å²) in [5.41, 5.74) is 0.830. The molecule has 0 bridgehead atoms. The molecule has 6 heteroatoms. The zero-order valence-corrected chi connectivity index (χ0v) is 15.1. The van der Waals surface area contributed by atoms with Gasteiger partial charge in [0.15, 0.2) is 0 Å². The van der Waals surface area contributed by atoms with Crippen LogP contribution in [-0.4, -0.2) is 47.7 Å². The second-order valence-corrected chi connectivity index (χ2v) is 7.45. The van der Waals surface area contributed by atoms with Gasteiger partial charge in [-0.1, -0.05) is 19.1 Å². The summed E-state index contributed by atoms with van der Waals surface area (Å²) in [5.74, 6) is -1.26. The van der Waals surface area contributed by atoms with Gasteiger partial charge in [0, 0.05) is 26.1 Å². The largest absolute Gasteiger partial charge is 0.481 e. The van der Waals surface area contributed by atoms with Crippen molar-refractivity contribution in [2.45, 2.75) is 44.6 Å². The van der Waals surface area contributed by atoms with E-state index in [2.05, 4.69) is 0 Å². The summed E-state index contributed by atoms with van der Waals surface area (Å²) in [6, 6.07) is 6.39. The Labute approximate surface area is 153 Å². The van der Waals surface area contributed by atoms with Gasteiger partial charge >= 0.3 is 5.97 Å². The van der Waals surface area contributed by atoms with Crippen molar-refractivity contribution in [3.05, 3.63) is 35.6 Å². The van der Waals surface area contributed by atoms with Crippen molar-refractivity contribution in [3.8, 4) is 0 Å². The highest BCUT2D eigenvalue weighted by Gasteiger charge is 2.40. The Morgan fingerprint density at radius 1 is 1.31 bits per heavy atom. The summed E-state index contributed by atoms with van der Waals surface area (Å²) in [5, 5.41) is 9.31. The van der Waals surface area contributed by atoms with Crippen LogP contribution in [0, 0.1) is 17.7 Å². The number of amides is 1. The van der Waals surface area contributed by atoms with Crippen molar-refractivity contribution in [1.29, 1.82) is 0 Å². The number of rotatable bonds is 5. The van der Waals surface area contributed by atoms with E-state index in [0.29, 0.717) is 32.5 Å². The van der Waals surface area contributed by atoms with Crippen molar-refractivity contribution in [1.82, 2.24) is 4.90 Å². The number of halogens is 1. The number of benzene rings is 1. The van der Waals surface area contributed by atoms with E-state index in [1.54, 1.807) is 6.07 Å². The molecule has 142 valence electrons. The first-order valence-corrected chi connectivity index (χ1v) is 9.33. The lowest BCUT2D eigenvalue weighted by Gasteiger charge is -2.36. The number of aliphatic carboxylic acids is 1. The third-order valence-corrected chi connectivity index (χ3v) is 5.71. The topological polar surface area (TPSA) is 66.8 Å². The molecular weight excluding hydrogens is 337 g/mol. The third-order valence-electron chi connectivity index (χ3n) is 5.71. The molecule has 2 heterocycles. The quantitative estimate of drug-likeness (QED) is 0.873. The second-order valence-electron chi connectivity index (χ2n) is 7.45. The molecule has 0 saturated carbocycles. The monoisotopic (exact) mass is 363 g/mol. The number of nitrogens with zero attached hydrogens (tertiary/aromatic N) is 1. The SMILES string of the molecule is CC(CC(=O)N1CCC([C@@H]2OCCC2C(=O)O)CC1)c1cccc(F)c1. The Morgan fingerprint density at radius 2 is 2.04 bits per heavy atom. The molecular formula is C20H26FNO4. The predicted molar refractivity (Wildman–Crippen MR) is 94.2 cm³/mol. The van der Waals surface area contributed by atoms with Gasteiger partial charge in [-0.2, -0.15) is 0 Å².